The molecular formula is C17H23N3O3S. The van der Waals surface area contributed by atoms with Crippen molar-refractivity contribution in [1.29, 1.82) is 0 Å². The highest BCUT2D eigenvalue weighted by Gasteiger charge is 2.21. The van der Waals surface area contributed by atoms with Crippen LogP contribution in [0.2, 0.25) is 0 Å². The van der Waals surface area contributed by atoms with Crippen molar-refractivity contribution >= 4 is 17.7 Å². The Balaban J connectivity index is 2.06. The lowest BCUT2D eigenvalue weighted by Gasteiger charge is -2.20. The molecule has 1 heterocycles. The molecular weight excluding hydrogens is 326 g/mol. The molecule has 0 unspecified atom stereocenters. The first-order chi connectivity index (χ1) is 11.5. The molecule has 1 aromatic heterocycles. The first-order valence-corrected chi connectivity index (χ1v) is 8.50. The number of amides is 1. The van der Waals surface area contributed by atoms with Crippen LogP contribution < -0.4 is 14.8 Å². The van der Waals surface area contributed by atoms with Crippen LogP contribution in [0.25, 0.3) is 0 Å². The number of carbonyl (C=O) groups excluding carboxylic acids is 1. The van der Waals surface area contributed by atoms with Gasteiger partial charge in [-0.25, -0.2) is 4.98 Å². The average Bonchev–Trinajstić information content (AvgIpc) is 2.98. The number of aromatic nitrogens is 2. The van der Waals surface area contributed by atoms with Gasteiger partial charge in [0.1, 0.15) is 11.5 Å². The van der Waals surface area contributed by atoms with Crippen LogP contribution in [0.3, 0.4) is 0 Å². The number of benzene rings is 1. The van der Waals surface area contributed by atoms with Crippen molar-refractivity contribution in [1.82, 2.24) is 14.9 Å². The second-order valence-corrected chi connectivity index (χ2v) is 6.73. The molecule has 0 saturated carbocycles. The highest BCUT2D eigenvalue weighted by Crippen LogP contribution is 2.30. The van der Waals surface area contributed by atoms with Gasteiger partial charge < -0.3 is 19.4 Å². The number of rotatable bonds is 7. The van der Waals surface area contributed by atoms with Gasteiger partial charge >= 0.3 is 0 Å². The molecule has 0 bridgehead atoms. The minimum Gasteiger partial charge on any atom is -0.497 e. The van der Waals surface area contributed by atoms with Crippen LogP contribution in [0, 0.1) is 0 Å². The Bertz CT molecular complexity index is 702. The summed E-state index contributed by atoms with van der Waals surface area (Å²) in [6, 6.07) is 5.34. The predicted octanol–water partition coefficient (Wildman–Crippen LogP) is 2.80. The standard InChI is InChI=1S/C17H23N3O3S/c1-11(14-10-13(22-4)6-7-15(14)23-5)19-16(21)12(2)24-17-18-8-9-20(17)3/h6-12H,1-5H3,(H,19,21)/t11-,12+/m1/s1. The SMILES string of the molecule is COc1ccc(OC)c([C@@H](C)NC(=O)[C@H](C)Sc2nccn2C)c1. The van der Waals surface area contributed by atoms with E-state index in [2.05, 4.69) is 10.3 Å². The second-order valence-electron chi connectivity index (χ2n) is 5.42. The van der Waals surface area contributed by atoms with Crippen molar-refractivity contribution in [3.63, 3.8) is 0 Å². The van der Waals surface area contributed by atoms with Crippen LogP contribution in [-0.2, 0) is 11.8 Å². The third-order valence-corrected chi connectivity index (χ3v) is 4.86. The van der Waals surface area contributed by atoms with Crippen molar-refractivity contribution in [2.45, 2.75) is 30.3 Å². The topological polar surface area (TPSA) is 65.4 Å². The van der Waals surface area contributed by atoms with Crippen molar-refractivity contribution in [2.75, 3.05) is 14.2 Å². The molecule has 1 aromatic carbocycles. The lowest BCUT2D eigenvalue weighted by molar-refractivity contribution is -0.120. The van der Waals surface area contributed by atoms with Gasteiger partial charge in [0.25, 0.3) is 0 Å². The van der Waals surface area contributed by atoms with Gasteiger partial charge in [-0.05, 0) is 32.0 Å². The summed E-state index contributed by atoms with van der Waals surface area (Å²) in [5.41, 5.74) is 0.874. The minimum atomic E-state index is -0.259. The number of thioether (sulfide) groups is 1. The molecule has 1 N–H and O–H groups in total. The molecule has 7 heteroatoms. The minimum absolute atomic E-state index is 0.0552. The van der Waals surface area contributed by atoms with E-state index in [9.17, 15) is 4.79 Å². The molecule has 0 aliphatic heterocycles. The average molecular weight is 349 g/mol. The number of methoxy groups -OCH3 is 2. The molecule has 0 radical (unpaired) electrons. The number of imidazole rings is 1. The van der Waals surface area contributed by atoms with E-state index < -0.39 is 0 Å². The Morgan fingerprint density at radius 3 is 2.62 bits per heavy atom. The lowest BCUT2D eigenvalue weighted by atomic mass is 10.1. The summed E-state index contributed by atoms with van der Waals surface area (Å²) in [6.45, 7) is 3.79. The normalized spacial score (nSPS) is 13.2. The maximum Gasteiger partial charge on any atom is 0.233 e. The fourth-order valence-corrected chi connectivity index (χ4v) is 3.10. The van der Waals surface area contributed by atoms with E-state index in [1.165, 1.54) is 11.8 Å². The highest BCUT2D eigenvalue weighted by molar-refractivity contribution is 8.00. The molecule has 1 amide bonds. The first-order valence-electron chi connectivity index (χ1n) is 7.62. The smallest absolute Gasteiger partial charge is 0.233 e. The number of hydrogen-bond acceptors (Lipinski definition) is 5. The van der Waals surface area contributed by atoms with Crippen LogP contribution in [0.4, 0.5) is 0 Å². The van der Waals surface area contributed by atoms with E-state index in [4.69, 9.17) is 9.47 Å². The molecule has 2 aromatic rings. The summed E-state index contributed by atoms with van der Waals surface area (Å²) in [7, 11) is 5.13. The van der Waals surface area contributed by atoms with Gasteiger partial charge in [-0.3, -0.25) is 4.79 Å². The van der Waals surface area contributed by atoms with Crippen molar-refractivity contribution < 1.29 is 14.3 Å². The Kier molecular flexibility index (Phi) is 6.14. The van der Waals surface area contributed by atoms with E-state index in [0.717, 1.165) is 16.5 Å². The van der Waals surface area contributed by atoms with E-state index >= 15 is 0 Å². The van der Waals surface area contributed by atoms with Gasteiger partial charge in [0, 0.05) is 25.0 Å². The Labute approximate surface area is 146 Å². The fraction of sp³-hybridized carbons (Fsp3) is 0.412. The van der Waals surface area contributed by atoms with E-state index in [-0.39, 0.29) is 17.2 Å². The Hall–Kier alpha value is -2.15. The lowest BCUT2D eigenvalue weighted by Crippen LogP contribution is -2.33. The molecule has 0 aliphatic rings. The zero-order valence-electron chi connectivity index (χ0n) is 14.6. The van der Waals surface area contributed by atoms with Gasteiger partial charge in [-0.15, -0.1) is 0 Å². The van der Waals surface area contributed by atoms with Gasteiger partial charge in [0.05, 0.1) is 25.5 Å². The summed E-state index contributed by atoms with van der Waals surface area (Å²) in [4.78, 5) is 16.7. The number of nitrogens with zero attached hydrogens (tertiary/aromatic N) is 2. The van der Waals surface area contributed by atoms with Crippen LogP contribution in [0.1, 0.15) is 25.5 Å². The van der Waals surface area contributed by atoms with Crippen LogP contribution >= 0.6 is 11.8 Å². The monoisotopic (exact) mass is 349 g/mol. The number of carbonyl (C=O) groups is 1. The number of nitrogens with one attached hydrogen (secondary N) is 1. The summed E-state index contributed by atoms with van der Waals surface area (Å²) in [5, 5.41) is 3.57. The zero-order valence-corrected chi connectivity index (χ0v) is 15.4. The van der Waals surface area contributed by atoms with Crippen molar-refractivity contribution in [3.05, 3.63) is 36.2 Å². The number of hydrogen-bond donors (Lipinski definition) is 1. The van der Waals surface area contributed by atoms with E-state index in [1.807, 2.05) is 49.9 Å². The van der Waals surface area contributed by atoms with Crippen LogP contribution in [0.15, 0.2) is 35.7 Å². The second kappa shape index (κ2) is 8.10. The van der Waals surface area contributed by atoms with Crippen molar-refractivity contribution in [3.8, 4) is 11.5 Å². The highest BCUT2D eigenvalue weighted by atomic mass is 32.2. The van der Waals surface area contributed by atoms with Gasteiger partial charge in [-0.1, -0.05) is 11.8 Å². The zero-order chi connectivity index (χ0) is 17.7. The maximum absolute atomic E-state index is 12.5. The van der Waals surface area contributed by atoms with E-state index in [1.54, 1.807) is 20.4 Å². The summed E-state index contributed by atoms with van der Waals surface area (Å²) in [6.07, 6.45) is 3.58. The quantitative estimate of drug-likeness (QED) is 0.779. The Morgan fingerprint density at radius 1 is 1.29 bits per heavy atom. The Morgan fingerprint density at radius 2 is 2.04 bits per heavy atom. The van der Waals surface area contributed by atoms with Crippen molar-refractivity contribution in [2.24, 2.45) is 7.05 Å². The summed E-state index contributed by atoms with van der Waals surface area (Å²) >= 11 is 1.42. The van der Waals surface area contributed by atoms with Crippen LogP contribution in [0.5, 0.6) is 11.5 Å². The van der Waals surface area contributed by atoms with E-state index in [0.29, 0.717) is 5.75 Å². The maximum atomic E-state index is 12.5. The molecule has 0 aliphatic carbocycles. The van der Waals surface area contributed by atoms with Gasteiger partial charge in [0.2, 0.25) is 5.91 Å². The molecule has 2 rings (SSSR count). The fourth-order valence-electron chi connectivity index (χ4n) is 2.26. The largest absolute Gasteiger partial charge is 0.497 e. The predicted molar refractivity (Wildman–Crippen MR) is 94.6 cm³/mol. The number of aryl methyl sites for hydroxylation is 1. The molecule has 0 saturated heterocycles. The molecule has 24 heavy (non-hydrogen) atoms. The molecule has 6 nitrogen and oxygen atoms in total. The molecule has 0 fully saturated rings. The molecule has 130 valence electrons. The third kappa shape index (κ3) is 4.23. The first kappa shape index (κ1) is 18.2. The summed E-state index contributed by atoms with van der Waals surface area (Å²) < 4.78 is 12.5. The molecule has 0 spiro atoms. The van der Waals surface area contributed by atoms with Gasteiger partial charge in [-0.2, -0.15) is 0 Å². The molecule has 2 atom stereocenters. The third-order valence-electron chi connectivity index (χ3n) is 3.69. The van der Waals surface area contributed by atoms with Crippen LogP contribution in [-0.4, -0.2) is 34.9 Å². The number of ether oxygens (including phenoxy) is 2. The summed E-state index contributed by atoms with van der Waals surface area (Å²) in [5.74, 6) is 1.38. The van der Waals surface area contributed by atoms with Gasteiger partial charge in [0.15, 0.2) is 5.16 Å².